The zero-order chi connectivity index (χ0) is 18.9. The molecule has 1 fully saturated rings. The lowest BCUT2D eigenvalue weighted by Gasteiger charge is -2.36. The van der Waals surface area contributed by atoms with Crippen molar-refractivity contribution in [1.82, 2.24) is 4.57 Å². The molecule has 27 heavy (non-hydrogen) atoms. The van der Waals surface area contributed by atoms with Gasteiger partial charge in [0, 0.05) is 25.4 Å². The number of carbonyl (C=O) groups excluding carboxylic acids is 1. The number of amides is 1. The molecule has 140 valence electrons. The molecule has 3 aromatic rings. The summed E-state index contributed by atoms with van der Waals surface area (Å²) in [6.07, 6.45) is 1.31. The maximum atomic E-state index is 13.3. The third-order valence-electron chi connectivity index (χ3n) is 5.35. The first-order valence-electron chi connectivity index (χ1n) is 9.22. The van der Waals surface area contributed by atoms with Gasteiger partial charge in [-0.1, -0.05) is 41.7 Å². The quantitative estimate of drug-likeness (QED) is 0.747. The lowest BCUT2D eigenvalue weighted by Crippen LogP contribution is -2.44. The van der Waals surface area contributed by atoms with E-state index in [-0.39, 0.29) is 10.8 Å². The summed E-state index contributed by atoms with van der Waals surface area (Å²) >= 11 is 1.21. The van der Waals surface area contributed by atoms with Gasteiger partial charge in [0.1, 0.15) is 0 Å². The van der Waals surface area contributed by atoms with E-state index in [1.54, 1.807) is 4.57 Å². The van der Waals surface area contributed by atoms with Gasteiger partial charge in [0.15, 0.2) is 0 Å². The minimum atomic E-state index is -0.586. The van der Waals surface area contributed by atoms with Crippen molar-refractivity contribution >= 4 is 33.1 Å². The minimum Gasteiger partial charge on any atom is -0.381 e. The number of nitrogens with one attached hydrogen (secondary N) is 1. The molecule has 1 aliphatic rings. The SMILES string of the molecule is CCn1c(=O)sc2cc(NC(=O)C3(c4ccccc4)CCOCC3)ccc21. The summed E-state index contributed by atoms with van der Waals surface area (Å²) in [4.78, 5) is 25.4. The number of anilines is 1. The standard InChI is InChI=1S/C21H22N2O3S/c1-2-23-17-9-8-16(14-18(17)27-20(23)25)22-19(24)21(10-12-26-13-11-21)15-6-4-3-5-7-15/h3-9,14H,2,10-13H2,1H3,(H,22,24). The Morgan fingerprint density at radius 3 is 2.63 bits per heavy atom. The monoisotopic (exact) mass is 382 g/mol. The first-order valence-corrected chi connectivity index (χ1v) is 10.0. The Kier molecular flexibility index (Phi) is 4.85. The van der Waals surface area contributed by atoms with Crippen LogP contribution < -0.4 is 10.2 Å². The second kappa shape index (κ2) is 7.29. The largest absolute Gasteiger partial charge is 0.381 e. The summed E-state index contributed by atoms with van der Waals surface area (Å²) in [5, 5.41) is 3.09. The fourth-order valence-corrected chi connectivity index (χ4v) is 4.81. The highest BCUT2D eigenvalue weighted by Crippen LogP contribution is 2.36. The summed E-state index contributed by atoms with van der Waals surface area (Å²) in [5.74, 6) is -0.0152. The molecule has 1 aliphatic heterocycles. The number of aryl methyl sites for hydroxylation is 1. The molecule has 0 aliphatic carbocycles. The topological polar surface area (TPSA) is 60.3 Å². The van der Waals surface area contributed by atoms with Gasteiger partial charge in [0.05, 0.1) is 15.6 Å². The Morgan fingerprint density at radius 2 is 1.93 bits per heavy atom. The molecule has 1 amide bonds. The average molecular weight is 382 g/mol. The molecule has 1 aromatic heterocycles. The van der Waals surface area contributed by atoms with Crippen LogP contribution in [0.25, 0.3) is 10.2 Å². The Labute approximate surface area is 161 Å². The van der Waals surface area contributed by atoms with E-state index in [0.29, 0.717) is 32.6 Å². The van der Waals surface area contributed by atoms with Crippen LogP contribution in [0.1, 0.15) is 25.3 Å². The van der Waals surface area contributed by atoms with Gasteiger partial charge in [-0.25, -0.2) is 0 Å². The van der Waals surface area contributed by atoms with Crippen LogP contribution in [-0.4, -0.2) is 23.7 Å². The van der Waals surface area contributed by atoms with E-state index < -0.39 is 5.41 Å². The highest BCUT2D eigenvalue weighted by molar-refractivity contribution is 7.16. The molecule has 0 radical (unpaired) electrons. The van der Waals surface area contributed by atoms with Gasteiger partial charge in [0.25, 0.3) is 0 Å². The summed E-state index contributed by atoms with van der Waals surface area (Å²) in [6.45, 7) is 3.74. The normalized spacial score (nSPS) is 16.3. The third kappa shape index (κ3) is 3.19. The highest BCUT2D eigenvalue weighted by Gasteiger charge is 2.41. The van der Waals surface area contributed by atoms with E-state index in [4.69, 9.17) is 4.74 Å². The molecule has 1 N–H and O–H groups in total. The Bertz CT molecular complexity index is 1020. The Hall–Kier alpha value is -2.44. The van der Waals surface area contributed by atoms with E-state index in [1.807, 2.05) is 55.5 Å². The van der Waals surface area contributed by atoms with Crippen molar-refractivity contribution in [3.05, 3.63) is 63.8 Å². The zero-order valence-corrected chi connectivity index (χ0v) is 16.1. The van der Waals surface area contributed by atoms with Gasteiger partial charge in [-0.2, -0.15) is 0 Å². The first-order chi connectivity index (χ1) is 13.1. The first kappa shape index (κ1) is 17.9. The molecule has 2 aromatic carbocycles. The molecule has 5 nitrogen and oxygen atoms in total. The van der Waals surface area contributed by atoms with Crippen molar-refractivity contribution in [3.63, 3.8) is 0 Å². The Morgan fingerprint density at radius 1 is 1.19 bits per heavy atom. The predicted molar refractivity (Wildman–Crippen MR) is 109 cm³/mol. The number of thiazole rings is 1. The number of fused-ring (bicyclic) bond motifs is 1. The molecule has 2 heterocycles. The lowest BCUT2D eigenvalue weighted by atomic mass is 9.73. The van der Waals surface area contributed by atoms with Gasteiger partial charge in [-0.05, 0) is 43.5 Å². The van der Waals surface area contributed by atoms with Crippen LogP contribution >= 0.6 is 11.3 Å². The molecule has 0 unspecified atom stereocenters. The molecular weight excluding hydrogens is 360 g/mol. The molecule has 0 bridgehead atoms. The average Bonchev–Trinajstić information content (AvgIpc) is 3.03. The number of benzene rings is 2. The van der Waals surface area contributed by atoms with E-state index in [2.05, 4.69) is 5.32 Å². The van der Waals surface area contributed by atoms with Gasteiger partial charge < -0.3 is 10.1 Å². The van der Waals surface area contributed by atoms with Crippen LogP contribution in [-0.2, 0) is 21.5 Å². The molecular formula is C21H22N2O3S. The van der Waals surface area contributed by atoms with Crippen LogP contribution in [0.4, 0.5) is 5.69 Å². The number of hydrogen-bond donors (Lipinski definition) is 1. The van der Waals surface area contributed by atoms with Gasteiger partial charge >= 0.3 is 4.87 Å². The molecule has 6 heteroatoms. The fraction of sp³-hybridized carbons (Fsp3) is 0.333. The number of carbonyl (C=O) groups is 1. The van der Waals surface area contributed by atoms with Crippen LogP contribution in [0.5, 0.6) is 0 Å². The second-order valence-electron chi connectivity index (χ2n) is 6.81. The van der Waals surface area contributed by atoms with Crippen LogP contribution in [0, 0.1) is 0 Å². The Balaban J connectivity index is 1.67. The van der Waals surface area contributed by atoms with E-state index in [0.717, 1.165) is 21.5 Å². The van der Waals surface area contributed by atoms with Crippen LogP contribution in [0.15, 0.2) is 53.3 Å². The van der Waals surface area contributed by atoms with E-state index in [9.17, 15) is 9.59 Å². The molecule has 4 rings (SSSR count). The minimum absolute atomic E-state index is 0.0152. The van der Waals surface area contributed by atoms with Crippen molar-refractivity contribution in [2.75, 3.05) is 18.5 Å². The van der Waals surface area contributed by atoms with E-state index >= 15 is 0 Å². The summed E-state index contributed by atoms with van der Waals surface area (Å²) in [7, 11) is 0. The van der Waals surface area contributed by atoms with Crippen molar-refractivity contribution in [2.45, 2.75) is 31.7 Å². The summed E-state index contributed by atoms with van der Waals surface area (Å²) in [6, 6.07) is 15.6. The predicted octanol–water partition coefficient (Wildman–Crippen LogP) is 3.77. The van der Waals surface area contributed by atoms with Crippen LogP contribution in [0.3, 0.4) is 0 Å². The fourth-order valence-electron chi connectivity index (χ4n) is 3.82. The van der Waals surface area contributed by atoms with Gasteiger partial charge in [-0.15, -0.1) is 0 Å². The number of rotatable bonds is 4. The summed E-state index contributed by atoms with van der Waals surface area (Å²) < 4.78 is 8.15. The highest BCUT2D eigenvalue weighted by atomic mass is 32.1. The van der Waals surface area contributed by atoms with Crippen LogP contribution in [0.2, 0.25) is 0 Å². The third-order valence-corrected chi connectivity index (χ3v) is 6.29. The van der Waals surface area contributed by atoms with Crippen molar-refractivity contribution in [2.24, 2.45) is 0 Å². The molecule has 0 saturated carbocycles. The zero-order valence-electron chi connectivity index (χ0n) is 15.2. The number of aromatic nitrogens is 1. The lowest BCUT2D eigenvalue weighted by molar-refractivity contribution is -0.125. The second-order valence-corrected chi connectivity index (χ2v) is 7.80. The van der Waals surface area contributed by atoms with E-state index in [1.165, 1.54) is 11.3 Å². The van der Waals surface area contributed by atoms with Gasteiger partial charge in [0.2, 0.25) is 5.91 Å². The van der Waals surface area contributed by atoms with Crippen molar-refractivity contribution in [3.8, 4) is 0 Å². The molecule has 0 atom stereocenters. The molecule has 1 saturated heterocycles. The number of nitrogens with zero attached hydrogens (tertiary/aromatic N) is 1. The maximum absolute atomic E-state index is 13.3. The summed E-state index contributed by atoms with van der Waals surface area (Å²) in [5.41, 5.74) is 2.07. The van der Waals surface area contributed by atoms with Crippen molar-refractivity contribution in [1.29, 1.82) is 0 Å². The molecule has 0 spiro atoms. The maximum Gasteiger partial charge on any atom is 0.308 e. The number of hydrogen-bond acceptors (Lipinski definition) is 4. The van der Waals surface area contributed by atoms with Gasteiger partial charge in [-0.3, -0.25) is 14.2 Å². The van der Waals surface area contributed by atoms with Crippen molar-refractivity contribution < 1.29 is 9.53 Å². The smallest absolute Gasteiger partial charge is 0.308 e. The number of ether oxygens (including phenoxy) is 1.